The van der Waals surface area contributed by atoms with Crippen molar-refractivity contribution in [3.05, 3.63) is 12.1 Å². The van der Waals surface area contributed by atoms with Crippen LogP contribution in [0.3, 0.4) is 0 Å². The predicted octanol–water partition coefficient (Wildman–Crippen LogP) is 1.90. The van der Waals surface area contributed by atoms with E-state index in [4.69, 9.17) is 0 Å². The molecule has 96 valence electrons. The third-order valence-corrected chi connectivity index (χ3v) is 3.80. The molecule has 0 amide bonds. The maximum atomic E-state index is 4.34. The summed E-state index contributed by atoms with van der Waals surface area (Å²) in [6.45, 7) is 2.24. The van der Waals surface area contributed by atoms with Gasteiger partial charge in [-0.1, -0.05) is 19.3 Å². The Hall–Kier alpha value is -1.72. The summed E-state index contributed by atoms with van der Waals surface area (Å²) in [6.07, 6.45) is 6.74. The number of hydrogen-bond acceptors (Lipinski definition) is 5. The lowest BCUT2D eigenvalue weighted by atomic mass is 9.84. The van der Waals surface area contributed by atoms with E-state index in [0.29, 0.717) is 11.7 Å². The van der Waals surface area contributed by atoms with Gasteiger partial charge in [0.25, 0.3) is 0 Å². The van der Waals surface area contributed by atoms with Crippen LogP contribution in [0.15, 0.2) is 12.1 Å². The van der Waals surface area contributed by atoms with Gasteiger partial charge in [-0.15, -0.1) is 14.8 Å². The van der Waals surface area contributed by atoms with E-state index in [-0.39, 0.29) is 0 Å². The monoisotopic (exact) mass is 246 g/mol. The summed E-state index contributed by atoms with van der Waals surface area (Å²) in [4.78, 5) is 0. The first-order valence-corrected chi connectivity index (χ1v) is 6.65. The zero-order valence-corrected chi connectivity index (χ0v) is 10.6. The molecule has 1 atom stereocenters. The Kier molecular flexibility index (Phi) is 3.08. The van der Waals surface area contributed by atoms with E-state index >= 15 is 0 Å². The molecule has 1 saturated carbocycles. The van der Waals surface area contributed by atoms with Crippen molar-refractivity contribution in [1.29, 1.82) is 0 Å². The number of hydrogen-bond donors (Lipinski definition) is 1. The first kappa shape index (κ1) is 11.4. The molecule has 0 bridgehead atoms. The van der Waals surface area contributed by atoms with Gasteiger partial charge in [-0.25, -0.2) is 0 Å². The van der Waals surface area contributed by atoms with E-state index in [1.54, 1.807) is 0 Å². The van der Waals surface area contributed by atoms with Crippen molar-refractivity contribution >= 4 is 11.5 Å². The Balaban J connectivity index is 1.70. The fourth-order valence-corrected chi connectivity index (χ4v) is 2.71. The molecule has 6 nitrogen and oxygen atoms in total. The van der Waals surface area contributed by atoms with Crippen molar-refractivity contribution < 1.29 is 0 Å². The minimum absolute atomic E-state index is 0.451. The second-order valence-corrected chi connectivity index (χ2v) is 5.08. The van der Waals surface area contributed by atoms with Crippen LogP contribution < -0.4 is 5.32 Å². The Morgan fingerprint density at radius 2 is 2.11 bits per heavy atom. The summed E-state index contributed by atoms with van der Waals surface area (Å²) < 4.78 is 1.45. The van der Waals surface area contributed by atoms with Gasteiger partial charge in [-0.2, -0.15) is 0 Å². The van der Waals surface area contributed by atoms with Crippen molar-refractivity contribution in [3.63, 3.8) is 0 Å². The number of anilines is 1. The first-order valence-electron chi connectivity index (χ1n) is 6.65. The fourth-order valence-electron chi connectivity index (χ4n) is 2.71. The normalized spacial score (nSPS) is 18.9. The van der Waals surface area contributed by atoms with Gasteiger partial charge >= 0.3 is 0 Å². The zero-order valence-electron chi connectivity index (χ0n) is 10.6. The van der Waals surface area contributed by atoms with Crippen LogP contribution in [-0.2, 0) is 0 Å². The number of rotatable bonds is 3. The number of nitrogens with zero attached hydrogens (tertiary/aromatic N) is 5. The second kappa shape index (κ2) is 4.88. The zero-order chi connectivity index (χ0) is 12.4. The Bertz CT molecular complexity index is 516. The van der Waals surface area contributed by atoms with Gasteiger partial charge in [0.2, 0.25) is 0 Å². The highest BCUT2D eigenvalue weighted by Crippen LogP contribution is 2.27. The molecule has 1 N–H and O–H groups in total. The van der Waals surface area contributed by atoms with Crippen LogP contribution in [-0.4, -0.2) is 31.3 Å². The molecule has 0 radical (unpaired) electrons. The molecule has 18 heavy (non-hydrogen) atoms. The summed E-state index contributed by atoms with van der Waals surface area (Å²) in [7, 11) is 0. The van der Waals surface area contributed by atoms with Gasteiger partial charge < -0.3 is 5.32 Å². The summed E-state index contributed by atoms with van der Waals surface area (Å²) in [5, 5.41) is 19.0. The molecule has 1 unspecified atom stereocenters. The molecule has 2 heterocycles. The molecule has 0 spiro atoms. The largest absolute Gasteiger partial charge is 0.366 e. The summed E-state index contributed by atoms with van der Waals surface area (Å²) in [6, 6.07) is 4.26. The molecular formula is C12H18N6. The van der Waals surface area contributed by atoms with Crippen molar-refractivity contribution in [2.24, 2.45) is 5.92 Å². The topological polar surface area (TPSA) is 68.0 Å². The molecule has 0 aromatic carbocycles. The molecule has 2 aromatic heterocycles. The molecule has 3 rings (SSSR count). The summed E-state index contributed by atoms with van der Waals surface area (Å²) in [5.41, 5.74) is 0.672. The molecule has 0 aliphatic heterocycles. The highest BCUT2D eigenvalue weighted by atomic mass is 15.6. The van der Waals surface area contributed by atoms with Crippen LogP contribution in [0.1, 0.15) is 39.0 Å². The van der Waals surface area contributed by atoms with Crippen LogP contribution >= 0.6 is 0 Å². The average Bonchev–Trinajstić information content (AvgIpc) is 2.87. The van der Waals surface area contributed by atoms with Gasteiger partial charge in [0.15, 0.2) is 5.65 Å². The van der Waals surface area contributed by atoms with Crippen LogP contribution in [0.25, 0.3) is 5.65 Å². The van der Waals surface area contributed by atoms with E-state index < -0.39 is 0 Å². The van der Waals surface area contributed by atoms with E-state index in [0.717, 1.165) is 11.7 Å². The number of aromatic nitrogens is 5. The maximum absolute atomic E-state index is 4.34. The molecule has 1 aliphatic carbocycles. The summed E-state index contributed by atoms with van der Waals surface area (Å²) in [5.74, 6) is 1.60. The van der Waals surface area contributed by atoms with Gasteiger partial charge in [-0.3, -0.25) is 0 Å². The van der Waals surface area contributed by atoms with Crippen molar-refractivity contribution in [1.82, 2.24) is 25.3 Å². The number of nitrogens with one attached hydrogen (secondary N) is 1. The van der Waals surface area contributed by atoms with E-state index in [1.807, 2.05) is 12.1 Å². The quantitative estimate of drug-likeness (QED) is 0.895. The Morgan fingerprint density at radius 1 is 1.28 bits per heavy atom. The van der Waals surface area contributed by atoms with Gasteiger partial charge in [-0.05, 0) is 48.2 Å². The highest BCUT2D eigenvalue weighted by molar-refractivity contribution is 5.42. The van der Waals surface area contributed by atoms with E-state index in [2.05, 4.69) is 32.9 Å². The van der Waals surface area contributed by atoms with Gasteiger partial charge in [0, 0.05) is 6.04 Å². The van der Waals surface area contributed by atoms with Crippen LogP contribution in [0.5, 0.6) is 0 Å². The number of fused-ring (bicyclic) bond motifs is 1. The molecule has 2 aromatic rings. The lowest BCUT2D eigenvalue weighted by Crippen LogP contribution is -2.28. The van der Waals surface area contributed by atoms with Crippen LogP contribution in [0.2, 0.25) is 0 Å². The van der Waals surface area contributed by atoms with Crippen molar-refractivity contribution in [2.45, 2.75) is 45.1 Å². The Morgan fingerprint density at radius 3 is 2.94 bits per heavy atom. The highest BCUT2D eigenvalue weighted by Gasteiger charge is 2.20. The lowest BCUT2D eigenvalue weighted by Gasteiger charge is -2.28. The van der Waals surface area contributed by atoms with Crippen LogP contribution in [0, 0.1) is 5.92 Å². The molecular weight excluding hydrogens is 228 g/mol. The van der Waals surface area contributed by atoms with E-state index in [1.165, 1.54) is 36.7 Å². The molecule has 0 saturated heterocycles. The average molecular weight is 246 g/mol. The number of tetrazole rings is 1. The fraction of sp³-hybridized carbons (Fsp3) is 0.667. The van der Waals surface area contributed by atoms with E-state index in [9.17, 15) is 0 Å². The SMILES string of the molecule is CC(Nc1ccc2nnnn2n1)C1CCCCC1. The molecule has 6 heteroatoms. The molecule has 1 fully saturated rings. The van der Waals surface area contributed by atoms with Crippen molar-refractivity contribution in [2.75, 3.05) is 5.32 Å². The van der Waals surface area contributed by atoms with Crippen LogP contribution in [0.4, 0.5) is 5.82 Å². The standard InChI is InChI=1S/C12H18N6/c1-9(10-5-3-2-4-6-10)13-11-7-8-12-14-16-17-18(12)15-11/h7-10H,2-6H2,1H3,(H,13,15). The minimum Gasteiger partial charge on any atom is -0.366 e. The first-order chi connectivity index (χ1) is 8.83. The molecule has 1 aliphatic rings. The van der Waals surface area contributed by atoms with Crippen molar-refractivity contribution in [3.8, 4) is 0 Å². The third-order valence-electron chi connectivity index (χ3n) is 3.80. The van der Waals surface area contributed by atoms with Gasteiger partial charge in [0.1, 0.15) is 5.82 Å². The maximum Gasteiger partial charge on any atom is 0.200 e. The third kappa shape index (κ3) is 2.27. The second-order valence-electron chi connectivity index (χ2n) is 5.08. The smallest absolute Gasteiger partial charge is 0.200 e. The Labute approximate surface area is 106 Å². The van der Waals surface area contributed by atoms with Gasteiger partial charge in [0.05, 0.1) is 0 Å². The predicted molar refractivity (Wildman–Crippen MR) is 68.2 cm³/mol. The lowest BCUT2D eigenvalue weighted by molar-refractivity contribution is 0.328. The summed E-state index contributed by atoms with van der Waals surface area (Å²) >= 11 is 0. The minimum atomic E-state index is 0.451.